The zero-order valence-electron chi connectivity index (χ0n) is 13.3. The van der Waals surface area contributed by atoms with Crippen molar-refractivity contribution >= 4 is 5.97 Å². The predicted octanol–water partition coefficient (Wildman–Crippen LogP) is 3.85. The minimum atomic E-state index is -0.424. The van der Waals surface area contributed by atoms with Crippen LogP contribution in [0.3, 0.4) is 0 Å². The first kappa shape index (κ1) is 16.0. The summed E-state index contributed by atoms with van der Waals surface area (Å²) in [5.74, 6) is 0.575. The van der Waals surface area contributed by atoms with E-state index in [9.17, 15) is 4.79 Å². The Morgan fingerprint density at radius 1 is 1.08 bits per heavy atom. The number of ether oxygens (including phenoxy) is 2. The first-order valence-corrected chi connectivity index (χ1v) is 7.51. The Kier molecular flexibility index (Phi) is 5.03. The van der Waals surface area contributed by atoms with Crippen molar-refractivity contribution in [1.29, 1.82) is 0 Å². The summed E-state index contributed by atoms with van der Waals surface area (Å²) in [6.07, 6.45) is 1.62. The highest BCUT2D eigenvalue weighted by Gasteiger charge is 2.11. The molecule has 0 atom stereocenters. The number of esters is 1. The Hall–Kier alpha value is -2.92. The lowest BCUT2D eigenvalue weighted by Crippen LogP contribution is -2.06. The number of hydrogen-bond donors (Lipinski definition) is 0. The summed E-state index contributed by atoms with van der Waals surface area (Å²) in [4.78, 5) is 16.3. The van der Waals surface area contributed by atoms with Crippen molar-refractivity contribution in [2.75, 3.05) is 7.11 Å². The van der Waals surface area contributed by atoms with Gasteiger partial charge in [0.1, 0.15) is 0 Å². The minimum absolute atomic E-state index is 0.0137. The van der Waals surface area contributed by atoms with Gasteiger partial charge in [0.05, 0.1) is 18.4 Å². The zero-order valence-corrected chi connectivity index (χ0v) is 13.3. The molecule has 0 bridgehead atoms. The molecule has 0 saturated heterocycles. The molecule has 3 rings (SSSR count). The highest BCUT2D eigenvalue weighted by atomic mass is 16.5. The van der Waals surface area contributed by atoms with Gasteiger partial charge in [0.2, 0.25) is 5.89 Å². The number of hydrogen-bond acceptors (Lipinski definition) is 5. The van der Waals surface area contributed by atoms with E-state index in [-0.39, 0.29) is 6.61 Å². The van der Waals surface area contributed by atoms with Crippen LogP contribution >= 0.6 is 0 Å². The second-order valence-corrected chi connectivity index (χ2v) is 5.19. The first-order chi connectivity index (χ1) is 11.8. The lowest BCUT2D eigenvalue weighted by atomic mass is 10.1. The molecule has 0 N–H and O–H groups in total. The fourth-order valence-electron chi connectivity index (χ4n) is 2.28. The van der Waals surface area contributed by atoms with E-state index < -0.39 is 5.97 Å². The molecule has 0 aliphatic carbocycles. The van der Waals surface area contributed by atoms with Crippen LogP contribution in [0, 0.1) is 0 Å². The van der Waals surface area contributed by atoms with Gasteiger partial charge in [-0.25, -0.2) is 9.78 Å². The van der Waals surface area contributed by atoms with Gasteiger partial charge in [-0.05, 0) is 17.7 Å². The van der Waals surface area contributed by atoms with Gasteiger partial charge in [-0.1, -0.05) is 42.5 Å². The van der Waals surface area contributed by atoms with Gasteiger partial charge in [-0.15, -0.1) is 0 Å². The van der Waals surface area contributed by atoms with Crippen molar-refractivity contribution in [2.24, 2.45) is 0 Å². The molecule has 3 aromatic rings. The van der Waals surface area contributed by atoms with Crippen LogP contribution in [-0.4, -0.2) is 18.1 Å². The summed E-state index contributed by atoms with van der Waals surface area (Å²) in [7, 11) is 1.61. The van der Waals surface area contributed by atoms with Gasteiger partial charge in [0.25, 0.3) is 0 Å². The SMILES string of the molecule is COCc1cccc(C(=O)OCc2ncc(-c3ccccc3)o2)c1. The molecule has 0 fully saturated rings. The third-order valence-corrected chi connectivity index (χ3v) is 3.41. The average Bonchev–Trinajstić information content (AvgIpc) is 3.10. The van der Waals surface area contributed by atoms with Crippen molar-refractivity contribution in [3.63, 3.8) is 0 Å². The van der Waals surface area contributed by atoms with Gasteiger partial charge in [0, 0.05) is 12.7 Å². The van der Waals surface area contributed by atoms with Crippen LogP contribution in [0.2, 0.25) is 0 Å². The molecule has 0 unspecified atom stereocenters. The third kappa shape index (κ3) is 3.88. The summed E-state index contributed by atoms with van der Waals surface area (Å²) < 4.78 is 15.9. The van der Waals surface area contributed by atoms with E-state index in [1.54, 1.807) is 31.5 Å². The van der Waals surface area contributed by atoms with E-state index in [1.165, 1.54) is 0 Å². The number of nitrogens with zero attached hydrogens (tertiary/aromatic N) is 1. The van der Waals surface area contributed by atoms with Crippen LogP contribution in [0.15, 0.2) is 65.2 Å². The maximum Gasteiger partial charge on any atom is 0.338 e. The van der Waals surface area contributed by atoms with Gasteiger partial charge in [0.15, 0.2) is 12.4 Å². The van der Waals surface area contributed by atoms with E-state index in [0.29, 0.717) is 23.8 Å². The molecule has 0 aliphatic heterocycles. The monoisotopic (exact) mass is 323 g/mol. The zero-order chi connectivity index (χ0) is 16.8. The van der Waals surface area contributed by atoms with Crippen molar-refractivity contribution < 1.29 is 18.7 Å². The van der Waals surface area contributed by atoms with Gasteiger partial charge >= 0.3 is 5.97 Å². The number of rotatable bonds is 6. The predicted molar refractivity (Wildman–Crippen MR) is 88.2 cm³/mol. The maximum atomic E-state index is 12.1. The van der Waals surface area contributed by atoms with E-state index in [4.69, 9.17) is 13.9 Å². The Balaban J connectivity index is 1.62. The molecule has 0 aliphatic rings. The van der Waals surface area contributed by atoms with E-state index in [0.717, 1.165) is 11.1 Å². The maximum absolute atomic E-state index is 12.1. The van der Waals surface area contributed by atoms with Crippen molar-refractivity contribution in [3.05, 3.63) is 77.8 Å². The van der Waals surface area contributed by atoms with E-state index in [1.807, 2.05) is 36.4 Å². The van der Waals surface area contributed by atoms with Gasteiger partial charge in [-0.2, -0.15) is 0 Å². The van der Waals surface area contributed by atoms with Crippen LogP contribution in [0.4, 0.5) is 0 Å². The van der Waals surface area contributed by atoms with Crippen molar-refractivity contribution in [1.82, 2.24) is 4.98 Å². The second-order valence-electron chi connectivity index (χ2n) is 5.19. The van der Waals surface area contributed by atoms with Crippen molar-refractivity contribution in [2.45, 2.75) is 13.2 Å². The fourth-order valence-corrected chi connectivity index (χ4v) is 2.28. The van der Waals surface area contributed by atoms with Crippen LogP contribution in [0.1, 0.15) is 21.8 Å². The standard InChI is InChI=1S/C19H17NO4/c1-22-12-14-6-5-9-16(10-14)19(21)23-13-18-20-11-17(24-18)15-7-3-2-4-8-15/h2-11H,12-13H2,1H3. The number of carbonyl (C=O) groups is 1. The topological polar surface area (TPSA) is 61.6 Å². The molecular formula is C19H17NO4. The molecule has 0 spiro atoms. The molecule has 24 heavy (non-hydrogen) atoms. The molecule has 1 heterocycles. The molecule has 2 aromatic carbocycles. The number of benzene rings is 2. The molecule has 0 saturated carbocycles. The highest BCUT2D eigenvalue weighted by molar-refractivity contribution is 5.89. The summed E-state index contributed by atoms with van der Waals surface area (Å²) in [5.41, 5.74) is 2.31. The normalized spacial score (nSPS) is 10.5. The number of carbonyl (C=O) groups excluding carboxylic acids is 1. The summed E-state index contributed by atoms with van der Waals surface area (Å²) >= 11 is 0. The van der Waals surface area contributed by atoms with E-state index >= 15 is 0 Å². The lowest BCUT2D eigenvalue weighted by Gasteiger charge is -2.04. The van der Waals surface area contributed by atoms with Crippen LogP contribution in [0.5, 0.6) is 0 Å². The largest absolute Gasteiger partial charge is 0.452 e. The Morgan fingerprint density at radius 2 is 1.92 bits per heavy atom. The summed E-state index contributed by atoms with van der Waals surface area (Å²) in [6.45, 7) is 0.432. The minimum Gasteiger partial charge on any atom is -0.452 e. The summed E-state index contributed by atoms with van der Waals surface area (Å²) in [5, 5.41) is 0. The fraction of sp³-hybridized carbons (Fsp3) is 0.158. The highest BCUT2D eigenvalue weighted by Crippen LogP contribution is 2.20. The molecule has 5 heteroatoms. The molecule has 5 nitrogen and oxygen atoms in total. The number of methoxy groups -OCH3 is 1. The van der Waals surface area contributed by atoms with Gasteiger partial charge < -0.3 is 13.9 Å². The van der Waals surface area contributed by atoms with Crippen molar-refractivity contribution in [3.8, 4) is 11.3 Å². The van der Waals surface area contributed by atoms with E-state index in [2.05, 4.69) is 4.98 Å². The second kappa shape index (κ2) is 7.57. The number of oxazole rings is 1. The molecule has 122 valence electrons. The average molecular weight is 323 g/mol. The quantitative estimate of drug-likeness (QED) is 0.645. The smallest absolute Gasteiger partial charge is 0.338 e. The molecular weight excluding hydrogens is 306 g/mol. The Bertz CT molecular complexity index is 811. The summed E-state index contributed by atoms with van der Waals surface area (Å²) in [6, 6.07) is 16.8. The first-order valence-electron chi connectivity index (χ1n) is 7.51. The van der Waals surface area contributed by atoms with Gasteiger partial charge in [-0.3, -0.25) is 0 Å². The molecule has 1 aromatic heterocycles. The van der Waals surface area contributed by atoms with Crippen LogP contribution in [0.25, 0.3) is 11.3 Å². The lowest BCUT2D eigenvalue weighted by molar-refractivity contribution is 0.0438. The van der Waals surface area contributed by atoms with Crippen LogP contribution < -0.4 is 0 Å². The Morgan fingerprint density at radius 3 is 2.71 bits per heavy atom. The third-order valence-electron chi connectivity index (χ3n) is 3.41. The van der Waals surface area contributed by atoms with Crippen LogP contribution in [-0.2, 0) is 22.7 Å². The number of aromatic nitrogens is 1. The molecule has 0 amide bonds. The Labute approximate surface area is 139 Å². The molecule has 0 radical (unpaired) electrons.